The number of nitrogens with zero attached hydrogens (tertiary/aromatic N) is 1. The third-order valence-corrected chi connectivity index (χ3v) is 5.02. The van der Waals surface area contributed by atoms with Gasteiger partial charge in [0.1, 0.15) is 6.10 Å². The van der Waals surface area contributed by atoms with Crippen LogP contribution in [0.25, 0.3) is 0 Å². The molecule has 2 aliphatic heterocycles. The van der Waals surface area contributed by atoms with Crippen LogP contribution in [0.15, 0.2) is 36.4 Å². The van der Waals surface area contributed by atoms with Crippen LogP contribution in [0.2, 0.25) is 0 Å². The minimum atomic E-state index is -1.04. The molecule has 0 radical (unpaired) electrons. The predicted octanol–water partition coefficient (Wildman–Crippen LogP) is -0.257. The number of fused-ring (bicyclic) bond motifs is 2. The number of rotatable bonds is 3. The van der Waals surface area contributed by atoms with E-state index in [0.717, 1.165) is 27.7 Å². The summed E-state index contributed by atoms with van der Waals surface area (Å²) in [7, 11) is -1.84. The van der Waals surface area contributed by atoms with Gasteiger partial charge in [0.15, 0.2) is 0 Å². The van der Waals surface area contributed by atoms with Crippen LogP contribution in [0, 0.1) is 24.0 Å². The highest BCUT2D eigenvalue weighted by Gasteiger charge is 2.38. The van der Waals surface area contributed by atoms with Crippen LogP contribution in [0.5, 0.6) is 0 Å². The Bertz CT molecular complexity index is 881. The highest BCUT2D eigenvalue weighted by molar-refractivity contribution is 6.62. The van der Waals surface area contributed by atoms with E-state index >= 15 is 0 Å². The molecule has 2 atom stereocenters. The summed E-state index contributed by atoms with van der Waals surface area (Å²) in [5.74, 6) is 0. The van der Waals surface area contributed by atoms with Gasteiger partial charge < -0.3 is 25.1 Å². The molecule has 4 N–H and O–H groups in total. The highest BCUT2D eigenvalue weighted by Crippen LogP contribution is 2.25. The second-order valence-corrected chi connectivity index (χ2v) is 6.86. The minimum Gasteiger partial charge on any atom is -0.423 e. The number of nitro groups is 1. The molecule has 2 heterocycles. The van der Waals surface area contributed by atoms with E-state index in [0.29, 0.717) is 12.0 Å². The Morgan fingerprint density at radius 1 is 1.00 bits per heavy atom. The van der Waals surface area contributed by atoms with Crippen molar-refractivity contribution in [3.8, 4) is 0 Å². The molecular formula is C18H22B2N2O6. The fourth-order valence-electron chi connectivity index (χ4n) is 3.70. The zero-order valence-corrected chi connectivity index (χ0v) is 15.7. The van der Waals surface area contributed by atoms with E-state index in [-0.39, 0.29) is 12.6 Å². The summed E-state index contributed by atoms with van der Waals surface area (Å²) in [5.41, 5.74) is 10.8. The molecule has 2 aromatic carbocycles. The van der Waals surface area contributed by atoms with Crippen molar-refractivity contribution in [3.63, 3.8) is 0 Å². The van der Waals surface area contributed by atoms with Crippen LogP contribution >= 0.6 is 0 Å². The molecule has 4 rings (SSSR count). The Morgan fingerprint density at radius 3 is 1.93 bits per heavy atom. The van der Waals surface area contributed by atoms with E-state index < -0.39 is 25.3 Å². The van der Waals surface area contributed by atoms with Crippen molar-refractivity contribution in [2.75, 3.05) is 13.1 Å². The second-order valence-electron chi connectivity index (χ2n) is 6.86. The third kappa shape index (κ3) is 3.96. The Hall–Kier alpha value is -2.23. The van der Waals surface area contributed by atoms with Crippen molar-refractivity contribution in [2.45, 2.75) is 26.1 Å². The molecule has 28 heavy (non-hydrogen) atoms. The lowest BCUT2D eigenvalue weighted by atomic mass is 9.76. The van der Waals surface area contributed by atoms with Gasteiger partial charge in [-0.25, -0.2) is 0 Å². The maximum atomic E-state index is 10.4. The average Bonchev–Trinajstić information content (AvgIpc) is 3.14. The van der Waals surface area contributed by atoms with E-state index in [4.69, 9.17) is 15.0 Å². The highest BCUT2D eigenvalue weighted by atomic mass is 16.6. The summed E-state index contributed by atoms with van der Waals surface area (Å²) in [6, 6.07) is 11.3. The molecule has 0 amide bonds. The van der Waals surface area contributed by atoms with Gasteiger partial charge in [-0.2, -0.15) is 0 Å². The quantitative estimate of drug-likeness (QED) is 0.378. The molecule has 0 fully saturated rings. The number of aryl methyl sites for hydroxylation is 2. The van der Waals surface area contributed by atoms with E-state index in [1.807, 2.05) is 44.2 Å². The van der Waals surface area contributed by atoms with Gasteiger partial charge in [-0.3, -0.25) is 10.1 Å². The molecule has 8 nitrogen and oxygen atoms in total. The number of hydrogen-bond donors (Lipinski definition) is 3. The maximum Gasteiger partial charge on any atom is 0.492 e. The first-order valence-corrected chi connectivity index (χ1v) is 9.01. The summed E-state index contributed by atoms with van der Waals surface area (Å²) in [6.07, 6.45) is -0.783. The fourth-order valence-corrected chi connectivity index (χ4v) is 3.70. The Morgan fingerprint density at radius 2 is 1.46 bits per heavy atom. The lowest BCUT2D eigenvalue weighted by Crippen LogP contribution is -2.30. The number of nitrogens with two attached hydrogens (primary N) is 1. The average molecular weight is 384 g/mol. The minimum absolute atomic E-state index is 0.148. The molecule has 0 spiro atoms. The first-order valence-electron chi connectivity index (χ1n) is 9.01. The third-order valence-electron chi connectivity index (χ3n) is 5.02. The van der Waals surface area contributed by atoms with Gasteiger partial charge in [-0.15, -0.1) is 0 Å². The lowest BCUT2D eigenvalue weighted by Gasteiger charge is -2.07. The molecular weight excluding hydrogens is 362 g/mol. The van der Waals surface area contributed by atoms with Crippen LogP contribution in [0.3, 0.4) is 0 Å². The SMILES string of the molecule is Cc1cccc2c1B(O)OC2CN.Cc1cccc2c1B(O)OC2C[N+](=O)[O-]. The normalized spacial score (nSPS) is 19.8. The summed E-state index contributed by atoms with van der Waals surface area (Å²) in [4.78, 5) is 9.96. The molecule has 0 saturated heterocycles. The number of benzene rings is 2. The molecule has 2 aliphatic rings. The summed E-state index contributed by atoms with van der Waals surface area (Å²) in [6.45, 7) is 3.91. The standard InChI is InChI=1S/C9H10BNO4.C9H12BNO2/c1-6-3-2-4-7-8(5-11(13)14)15-10(12)9(6)7;1-6-3-2-4-7-8(5-11)13-10(12)9(6)7/h2-4,8,12H,5H2,1H3;2-4,8,12H,5,11H2,1H3. The van der Waals surface area contributed by atoms with Crippen LogP contribution in [-0.2, 0) is 9.31 Å². The largest absolute Gasteiger partial charge is 0.492 e. The molecule has 2 unspecified atom stereocenters. The second kappa shape index (κ2) is 8.42. The van der Waals surface area contributed by atoms with Gasteiger partial charge in [0.25, 0.3) is 0 Å². The molecule has 146 valence electrons. The van der Waals surface area contributed by atoms with Crippen molar-refractivity contribution in [1.82, 2.24) is 0 Å². The molecule has 0 aliphatic carbocycles. The van der Waals surface area contributed by atoms with Crippen LogP contribution < -0.4 is 16.7 Å². The van der Waals surface area contributed by atoms with Gasteiger partial charge in [-0.05, 0) is 35.9 Å². The Kier molecular flexibility index (Phi) is 6.17. The zero-order valence-electron chi connectivity index (χ0n) is 15.7. The van der Waals surface area contributed by atoms with Gasteiger partial charge in [0.05, 0.1) is 6.10 Å². The van der Waals surface area contributed by atoms with Gasteiger partial charge in [0.2, 0.25) is 6.54 Å². The van der Waals surface area contributed by atoms with Crippen LogP contribution in [0.4, 0.5) is 0 Å². The zero-order chi connectivity index (χ0) is 20.4. The van der Waals surface area contributed by atoms with Crippen LogP contribution in [0.1, 0.15) is 34.5 Å². The van der Waals surface area contributed by atoms with Gasteiger partial charge in [-0.1, -0.05) is 47.5 Å². The topological polar surface area (TPSA) is 128 Å². The fraction of sp³-hybridized carbons (Fsp3) is 0.333. The van der Waals surface area contributed by atoms with Crippen molar-refractivity contribution in [2.24, 2.45) is 5.73 Å². The van der Waals surface area contributed by atoms with Gasteiger partial charge >= 0.3 is 14.2 Å². The van der Waals surface area contributed by atoms with Gasteiger partial charge in [0, 0.05) is 11.5 Å². The molecule has 0 aromatic heterocycles. The van der Waals surface area contributed by atoms with E-state index in [1.54, 1.807) is 6.07 Å². The Labute approximate surface area is 163 Å². The lowest BCUT2D eigenvalue weighted by molar-refractivity contribution is -0.490. The van der Waals surface area contributed by atoms with Crippen molar-refractivity contribution in [3.05, 3.63) is 68.8 Å². The van der Waals surface area contributed by atoms with E-state index in [1.165, 1.54) is 0 Å². The van der Waals surface area contributed by atoms with E-state index in [2.05, 4.69) is 0 Å². The molecule has 0 bridgehead atoms. The van der Waals surface area contributed by atoms with Crippen molar-refractivity contribution >= 4 is 25.2 Å². The van der Waals surface area contributed by atoms with Crippen molar-refractivity contribution in [1.29, 1.82) is 0 Å². The summed E-state index contributed by atoms with van der Waals surface area (Å²) >= 11 is 0. The maximum absolute atomic E-state index is 10.4. The van der Waals surface area contributed by atoms with Crippen molar-refractivity contribution < 1.29 is 24.3 Å². The van der Waals surface area contributed by atoms with E-state index in [9.17, 15) is 20.2 Å². The smallest absolute Gasteiger partial charge is 0.423 e. The van der Waals surface area contributed by atoms with Crippen LogP contribution in [-0.4, -0.2) is 42.3 Å². The molecule has 2 aromatic rings. The summed E-state index contributed by atoms with van der Waals surface area (Å²) < 4.78 is 10.4. The molecule has 0 saturated carbocycles. The summed E-state index contributed by atoms with van der Waals surface area (Å²) in [5, 5.41) is 29.6. The molecule has 10 heteroatoms. The predicted molar refractivity (Wildman–Crippen MR) is 106 cm³/mol. The first-order chi connectivity index (χ1) is 13.3. The number of hydrogen-bond acceptors (Lipinski definition) is 7. The monoisotopic (exact) mass is 384 g/mol. The first kappa shape index (κ1) is 20.5. The Balaban J connectivity index is 0.000000162.